The third-order valence-electron chi connectivity index (χ3n) is 0.876. The number of aliphatic imine (C=N–C) groups is 1. The van der Waals surface area contributed by atoms with Gasteiger partial charge in [-0.2, -0.15) is 0 Å². The van der Waals surface area contributed by atoms with Crippen LogP contribution in [0.2, 0.25) is 0 Å². The van der Waals surface area contributed by atoms with Crippen molar-refractivity contribution in [3.63, 3.8) is 0 Å². The Bertz CT molecular complexity index is 98.8. The van der Waals surface area contributed by atoms with E-state index < -0.39 is 0 Å². The Balaban J connectivity index is 4.01. The van der Waals surface area contributed by atoms with Crippen LogP contribution >= 0.6 is 11.8 Å². The Hall–Kier alpha value is -0.440. The molecule has 0 aromatic rings. The van der Waals surface area contributed by atoms with Crippen molar-refractivity contribution in [2.75, 3.05) is 28.2 Å². The molecule has 54 valence electrons. The van der Waals surface area contributed by atoms with E-state index in [1.54, 1.807) is 14.1 Å². The molecule has 0 radical (unpaired) electrons. The number of rotatable bonds is 0. The lowest BCUT2D eigenvalue weighted by Gasteiger charge is -2.18. The number of nitrogens with zero attached hydrogens (tertiary/aromatic N) is 3. The van der Waals surface area contributed by atoms with Crippen LogP contribution < -0.4 is 0 Å². The van der Waals surface area contributed by atoms with Crippen molar-refractivity contribution in [2.24, 2.45) is 4.99 Å². The molecule has 0 heterocycles. The van der Waals surface area contributed by atoms with Crippen molar-refractivity contribution in [1.29, 1.82) is 0 Å². The quantitative estimate of drug-likeness (QED) is 0.286. The van der Waals surface area contributed by atoms with Gasteiger partial charge >= 0.3 is 0 Å². The largest absolute Gasteiger partial charge is 0.348 e. The molecule has 3 nitrogen and oxygen atoms in total. The van der Waals surface area contributed by atoms with Crippen molar-refractivity contribution in [1.82, 2.24) is 9.32 Å². The molecule has 9 heavy (non-hydrogen) atoms. The van der Waals surface area contributed by atoms with Gasteiger partial charge in [-0.1, -0.05) is 0 Å². The normalized spacial score (nSPS) is 11.4. The average molecular weight is 150 g/mol. The lowest BCUT2D eigenvalue weighted by atomic mass is 10.8. The Labute approximate surface area is 61.0 Å². The fraction of sp³-hybridized carbons (Fsp3) is 0.800. The number of guanidine groups is 1. The summed E-state index contributed by atoms with van der Waals surface area (Å²) in [5.74, 6) is 0.747. The third kappa shape index (κ3) is 2.56. The predicted molar refractivity (Wildman–Crippen MR) is 40.7 cm³/mol. The van der Waals surface area contributed by atoms with Crippen molar-refractivity contribution in [3.8, 4) is 0 Å². The molecule has 0 aromatic heterocycles. The zero-order chi connectivity index (χ0) is 7.44. The maximum absolute atomic E-state index is 5.60. The molecule has 0 aromatic carbocycles. The molecule has 0 aliphatic carbocycles. The molecule has 0 rings (SSSR count). The standard InChI is InChI=1S/C5H12ClN3/c1-7-5(8(2)3)9(4)6/h1-4H3. The molecule has 0 aliphatic rings. The van der Waals surface area contributed by atoms with Crippen LogP contribution in [0.4, 0.5) is 0 Å². The summed E-state index contributed by atoms with van der Waals surface area (Å²) in [5, 5.41) is 0. The van der Waals surface area contributed by atoms with E-state index in [2.05, 4.69) is 4.99 Å². The van der Waals surface area contributed by atoms with Gasteiger partial charge in [0.05, 0.1) is 0 Å². The fourth-order valence-electron chi connectivity index (χ4n) is 0.613. The van der Waals surface area contributed by atoms with Crippen LogP contribution in [0.3, 0.4) is 0 Å². The van der Waals surface area contributed by atoms with Crippen LogP contribution in [0, 0.1) is 0 Å². The minimum atomic E-state index is 0.747. The molecule has 0 unspecified atom stereocenters. The van der Waals surface area contributed by atoms with Gasteiger partial charge in [0.1, 0.15) is 0 Å². The summed E-state index contributed by atoms with van der Waals surface area (Å²) in [6.45, 7) is 0. The van der Waals surface area contributed by atoms with Gasteiger partial charge in [0.15, 0.2) is 0 Å². The van der Waals surface area contributed by atoms with E-state index in [-0.39, 0.29) is 0 Å². The van der Waals surface area contributed by atoms with Gasteiger partial charge in [-0.15, -0.1) is 0 Å². The van der Waals surface area contributed by atoms with Gasteiger partial charge in [-0.05, 0) is 0 Å². The minimum absolute atomic E-state index is 0.747. The SMILES string of the molecule is CN=C(N(C)C)N(C)Cl. The summed E-state index contributed by atoms with van der Waals surface area (Å²) in [7, 11) is 7.22. The van der Waals surface area contributed by atoms with E-state index in [1.165, 1.54) is 4.42 Å². The Morgan fingerprint density at radius 3 is 1.78 bits per heavy atom. The van der Waals surface area contributed by atoms with Gasteiger partial charge in [0.2, 0.25) is 5.96 Å². The molecule has 4 heteroatoms. The van der Waals surface area contributed by atoms with Crippen LogP contribution in [0.15, 0.2) is 4.99 Å². The van der Waals surface area contributed by atoms with Gasteiger partial charge in [0.25, 0.3) is 0 Å². The van der Waals surface area contributed by atoms with Crippen LogP contribution in [0.1, 0.15) is 0 Å². The first-order chi connectivity index (χ1) is 4.09. The summed E-state index contributed by atoms with van der Waals surface area (Å²) < 4.78 is 1.44. The molecule has 0 fully saturated rings. The highest BCUT2D eigenvalue weighted by molar-refractivity contribution is 6.21. The highest BCUT2D eigenvalue weighted by atomic mass is 35.5. The van der Waals surface area contributed by atoms with E-state index >= 15 is 0 Å². The lowest BCUT2D eigenvalue weighted by Crippen LogP contribution is -2.31. The Kier molecular flexibility index (Phi) is 3.39. The van der Waals surface area contributed by atoms with E-state index in [4.69, 9.17) is 11.8 Å². The first-order valence-electron chi connectivity index (χ1n) is 2.63. The molecule has 0 bridgehead atoms. The van der Waals surface area contributed by atoms with Crippen molar-refractivity contribution in [3.05, 3.63) is 0 Å². The molecule has 0 aliphatic heterocycles. The molecule has 0 N–H and O–H groups in total. The zero-order valence-corrected chi connectivity index (χ0v) is 6.98. The number of hydrogen-bond donors (Lipinski definition) is 0. The van der Waals surface area contributed by atoms with Crippen LogP contribution in [-0.2, 0) is 0 Å². The van der Waals surface area contributed by atoms with Crippen molar-refractivity contribution < 1.29 is 0 Å². The predicted octanol–water partition coefficient (Wildman–Crippen LogP) is 0.619. The van der Waals surface area contributed by atoms with Crippen LogP contribution in [0.25, 0.3) is 0 Å². The van der Waals surface area contributed by atoms with Gasteiger partial charge in [-0.25, -0.2) is 0 Å². The van der Waals surface area contributed by atoms with Crippen LogP contribution in [0.5, 0.6) is 0 Å². The second-order valence-corrected chi connectivity index (χ2v) is 2.40. The number of hydrogen-bond acceptors (Lipinski definition) is 1. The minimum Gasteiger partial charge on any atom is -0.348 e. The summed E-state index contributed by atoms with van der Waals surface area (Å²) >= 11 is 5.60. The van der Waals surface area contributed by atoms with Crippen molar-refractivity contribution >= 4 is 17.7 Å². The number of halogens is 1. The average Bonchev–Trinajstić information content (AvgIpc) is 1.64. The summed E-state index contributed by atoms with van der Waals surface area (Å²) in [5.41, 5.74) is 0. The van der Waals surface area contributed by atoms with E-state index in [0.717, 1.165) is 5.96 Å². The second-order valence-electron chi connectivity index (χ2n) is 1.90. The molecule has 0 saturated carbocycles. The third-order valence-corrected chi connectivity index (χ3v) is 1.03. The lowest BCUT2D eigenvalue weighted by molar-refractivity contribution is 0.546. The van der Waals surface area contributed by atoms with E-state index in [0.29, 0.717) is 0 Å². The van der Waals surface area contributed by atoms with Crippen LogP contribution in [-0.4, -0.2) is 43.5 Å². The Morgan fingerprint density at radius 2 is 1.78 bits per heavy atom. The summed E-state index contributed by atoms with van der Waals surface area (Å²) in [6, 6.07) is 0. The van der Waals surface area contributed by atoms with Gasteiger partial charge in [-0.3, -0.25) is 9.41 Å². The fourth-order valence-corrected chi connectivity index (χ4v) is 0.840. The maximum Gasteiger partial charge on any atom is 0.210 e. The van der Waals surface area contributed by atoms with Gasteiger partial charge in [0, 0.05) is 40.0 Å². The molecule has 0 spiro atoms. The molecule has 0 atom stereocenters. The maximum atomic E-state index is 5.60. The van der Waals surface area contributed by atoms with Gasteiger partial charge < -0.3 is 4.90 Å². The highest BCUT2D eigenvalue weighted by Crippen LogP contribution is 1.93. The topological polar surface area (TPSA) is 18.8 Å². The Morgan fingerprint density at radius 1 is 1.33 bits per heavy atom. The second kappa shape index (κ2) is 3.56. The van der Waals surface area contributed by atoms with Crippen molar-refractivity contribution in [2.45, 2.75) is 0 Å². The molecule has 0 saturated heterocycles. The molecule has 0 amide bonds. The first-order valence-corrected chi connectivity index (χ1v) is 2.97. The first kappa shape index (κ1) is 8.56. The molecular weight excluding hydrogens is 138 g/mol. The smallest absolute Gasteiger partial charge is 0.210 e. The summed E-state index contributed by atoms with van der Waals surface area (Å²) in [6.07, 6.45) is 0. The zero-order valence-electron chi connectivity index (χ0n) is 6.22. The van der Waals surface area contributed by atoms with E-state index in [9.17, 15) is 0 Å². The highest BCUT2D eigenvalue weighted by Gasteiger charge is 2.02. The monoisotopic (exact) mass is 149 g/mol. The van der Waals surface area contributed by atoms with E-state index in [1.807, 2.05) is 19.0 Å². The summed E-state index contributed by atoms with van der Waals surface area (Å²) in [4.78, 5) is 5.76. The molecular formula is C5H12ClN3.